The molecule has 1 aromatic carbocycles. The molecule has 0 saturated heterocycles. The van der Waals surface area contributed by atoms with E-state index in [2.05, 4.69) is 5.32 Å². The molecule has 0 heterocycles. The zero-order chi connectivity index (χ0) is 16.2. The molecule has 1 N–H and O–H groups in total. The van der Waals surface area contributed by atoms with E-state index in [1.807, 2.05) is 27.7 Å². The molecule has 6 heteroatoms. The fourth-order valence-corrected chi connectivity index (χ4v) is 2.12. The van der Waals surface area contributed by atoms with Gasteiger partial charge in [0.1, 0.15) is 0 Å². The van der Waals surface area contributed by atoms with Crippen LogP contribution in [0.3, 0.4) is 0 Å². The number of carbonyl (C=O) groups is 1. The Kier molecular flexibility index (Phi) is 5.69. The maximum atomic E-state index is 12.7. The molecule has 0 aromatic heterocycles. The van der Waals surface area contributed by atoms with Gasteiger partial charge in [-0.05, 0) is 25.8 Å². The highest BCUT2D eigenvalue weighted by Gasteiger charge is 2.24. The van der Waals surface area contributed by atoms with Crippen LogP contribution < -0.4 is 5.32 Å². The first-order chi connectivity index (χ1) is 9.77. The summed E-state index contributed by atoms with van der Waals surface area (Å²) in [5.41, 5.74) is 0.853. The zero-order valence-electron chi connectivity index (χ0n) is 13.2. The highest BCUT2D eigenvalue weighted by Crippen LogP contribution is 2.24. The van der Waals surface area contributed by atoms with Crippen molar-refractivity contribution < 1.29 is 9.72 Å². The standard InChI is InChI=1S/C15H23N3O3/c1-10(2)9-17(11(3)4)15(19)13-8-12(18(20)21)6-7-14(13)16-5/h6-8,10-11,16H,9H2,1-5H3. The predicted octanol–water partition coefficient (Wildman–Crippen LogP) is 3.14. The molecular formula is C15H23N3O3. The van der Waals surface area contributed by atoms with Crippen molar-refractivity contribution in [3.05, 3.63) is 33.9 Å². The zero-order valence-corrected chi connectivity index (χ0v) is 13.2. The molecule has 1 aromatic rings. The molecule has 0 fully saturated rings. The number of nitrogens with zero attached hydrogens (tertiary/aromatic N) is 2. The van der Waals surface area contributed by atoms with Crippen molar-refractivity contribution in [2.75, 3.05) is 18.9 Å². The van der Waals surface area contributed by atoms with Crippen LogP contribution in [-0.4, -0.2) is 35.4 Å². The SMILES string of the molecule is CNc1ccc([N+](=O)[O-])cc1C(=O)N(CC(C)C)C(C)C. The quantitative estimate of drug-likeness (QED) is 0.645. The lowest BCUT2D eigenvalue weighted by atomic mass is 10.1. The van der Waals surface area contributed by atoms with Gasteiger partial charge in [-0.25, -0.2) is 0 Å². The normalized spacial score (nSPS) is 10.8. The molecule has 1 rings (SSSR count). The number of rotatable bonds is 6. The third-order valence-electron chi connectivity index (χ3n) is 3.16. The smallest absolute Gasteiger partial charge is 0.270 e. The largest absolute Gasteiger partial charge is 0.387 e. The molecular weight excluding hydrogens is 270 g/mol. The van der Waals surface area contributed by atoms with Crippen LogP contribution in [-0.2, 0) is 0 Å². The van der Waals surface area contributed by atoms with E-state index >= 15 is 0 Å². The van der Waals surface area contributed by atoms with Crippen LogP contribution in [0.4, 0.5) is 11.4 Å². The lowest BCUT2D eigenvalue weighted by Crippen LogP contribution is -2.39. The molecule has 0 unspecified atom stereocenters. The van der Waals surface area contributed by atoms with E-state index in [9.17, 15) is 14.9 Å². The van der Waals surface area contributed by atoms with E-state index in [-0.39, 0.29) is 17.6 Å². The number of nitro benzene ring substituents is 1. The Morgan fingerprint density at radius 3 is 2.38 bits per heavy atom. The molecule has 6 nitrogen and oxygen atoms in total. The number of non-ortho nitro benzene ring substituents is 1. The second-order valence-electron chi connectivity index (χ2n) is 5.68. The second kappa shape index (κ2) is 7.06. The number of carbonyl (C=O) groups excluding carboxylic acids is 1. The molecule has 0 saturated carbocycles. The summed E-state index contributed by atoms with van der Waals surface area (Å²) in [6.07, 6.45) is 0. The Morgan fingerprint density at radius 1 is 1.33 bits per heavy atom. The van der Waals surface area contributed by atoms with Crippen molar-refractivity contribution in [1.29, 1.82) is 0 Å². The molecule has 0 aliphatic carbocycles. The van der Waals surface area contributed by atoms with Gasteiger partial charge in [0.25, 0.3) is 11.6 Å². The maximum Gasteiger partial charge on any atom is 0.270 e. The topological polar surface area (TPSA) is 75.5 Å². The van der Waals surface area contributed by atoms with Crippen LogP contribution in [0.2, 0.25) is 0 Å². The lowest BCUT2D eigenvalue weighted by Gasteiger charge is -2.29. The number of nitro groups is 1. The van der Waals surface area contributed by atoms with Crippen molar-refractivity contribution in [3.63, 3.8) is 0 Å². The fraction of sp³-hybridized carbons (Fsp3) is 0.533. The summed E-state index contributed by atoms with van der Waals surface area (Å²) in [5.74, 6) is 0.139. The van der Waals surface area contributed by atoms with Gasteiger partial charge in [-0.1, -0.05) is 13.8 Å². The summed E-state index contributed by atoms with van der Waals surface area (Å²) in [5, 5.41) is 13.8. The average molecular weight is 293 g/mol. The Hall–Kier alpha value is -2.11. The Morgan fingerprint density at radius 2 is 1.95 bits per heavy atom. The van der Waals surface area contributed by atoms with E-state index in [1.165, 1.54) is 12.1 Å². The van der Waals surface area contributed by atoms with Crippen LogP contribution in [0.15, 0.2) is 18.2 Å². The van der Waals surface area contributed by atoms with Gasteiger partial charge >= 0.3 is 0 Å². The van der Waals surface area contributed by atoms with Crippen molar-refractivity contribution in [2.45, 2.75) is 33.7 Å². The Bertz CT molecular complexity index is 527. The number of hydrogen-bond acceptors (Lipinski definition) is 4. The van der Waals surface area contributed by atoms with Crippen LogP contribution in [0.5, 0.6) is 0 Å². The molecule has 0 atom stereocenters. The van der Waals surface area contributed by atoms with Crippen molar-refractivity contribution in [2.24, 2.45) is 5.92 Å². The summed E-state index contributed by atoms with van der Waals surface area (Å²) >= 11 is 0. The predicted molar refractivity (Wildman–Crippen MR) is 83.7 cm³/mol. The van der Waals surface area contributed by atoms with Gasteiger partial charge < -0.3 is 10.2 Å². The third-order valence-corrected chi connectivity index (χ3v) is 3.16. The minimum Gasteiger partial charge on any atom is -0.387 e. The highest BCUT2D eigenvalue weighted by atomic mass is 16.6. The van der Waals surface area contributed by atoms with E-state index in [1.54, 1.807) is 18.0 Å². The van der Waals surface area contributed by atoms with Crippen LogP contribution in [0.1, 0.15) is 38.1 Å². The van der Waals surface area contributed by atoms with Gasteiger partial charge in [-0.15, -0.1) is 0 Å². The van der Waals surface area contributed by atoms with Crippen LogP contribution in [0, 0.1) is 16.0 Å². The van der Waals surface area contributed by atoms with E-state index in [0.717, 1.165) is 0 Å². The lowest BCUT2D eigenvalue weighted by molar-refractivity contribution is -0.384. The first-order valence-corrected chi connectivity index (χ1v) is 7.05. The summed E-state index contributed by atoms with van der Waals surface area (Å²) in [6, 6.07) is 4.33. The summed E-state index contributed by atoms with van der Waals surface area (Å²) in [4.78, 5) is 24.9. The van der Waals surface area contributed by atoms with Gasteiger partial charge in [-0.3, -0.25) is 14.9 Å². The second-order valence-corrected chi connectivity index (χ2v) is 5.68. The highest BCUT2D eigenvalue weighted by molar-refractivity contribution is 6.00. The Balaban J connectivity index is 3.24. The molecule has 116 valence electrons. The summed E-state index contributed by atoms with van der Waals surface area (Å²) < 4.78 is 0. The average Bonchev–Trinajstić information content (AvgIpc) is 2.42. The molecule has 0 aliphatic heterocycles. The number of amides is 1. The first kappa shape index (κ1) is 16.9. The Labute approximate surface area is 125 Å². The van der Waals surface area contributed by atoms with Gasteiger partial charge in [0, 0.05) is 37.5 Å². The first-order valence-electron chi connectivity index (χ1n) is 7.05. The van der Waals surface area contributed by atoms with E-state index in [0.29, 0.717) is 23.7 Å². The van der Waals surface area contributed by atoms with Gasteiger partial charge in [0.2, 0.25) is 0 Å². The maximum absolute atomic E-state index is 12.7. The third kappa shape index (κ3) is 4.18. The fourth-order valence-electron chi connectivity index (χ4n) is 2.12. The van der Waals surface area contributed by atoms with Crippen molar-refractivity contribution in [3.8, 4) is 0 Å². The van der Waals surface area contributed by atoms with E-state index in [4.69, 9.17) is 0 Å². The van der Waals surface area contributed by atoms with Crippen LogP contribution >= 0.6 is 0 Å². The van der Waals surface area contributed by atoms with Gasteiger partial charge in [0.15, 0.2) is 0 Å². The minimum atomic E-state index is -0.488. The summed E-state index contributed by atoms with van der Waals surface area (Å²) in [6.45, 7) is 8.57. The molecule has 0 aliphatic rings. The minimum absolute atomic E-state index is 0.0314. The summed E-state index contributed by atoms with van der Waals surface area (Å²) in [7, 11) is 1.69. The number of nitrogens with one attached hydrogen (secondary N) is 1. The van der Waals surface area contributed by atoms with Crippen molar-refractivity contribution in [1.82, 2.24) is 4.90 Å². The van der Waals surface area contributed by atoms with E-state index < -0.39 is 4.92 Å². The number of hydrogen-bond donors (Lipinski definition) is 1. The van der Waals surface area contributed by atoms with Crippen molar-refractivity contribution >= 4 is 17.3 Å². The monoisotopic (exact) mass is 293 g/mol. The molecule has 0 radical (unpaired) electrons. The molecule has 0 spiro atoms. The van der Waals surface area contributed by atoms with Crippen LogP contribution in [0.25, 0.3) is 0 Å². The molecule has 1 amide bonds. The number of anilines is 1. The molecule has 0 bridgehead atoms. The van der Waals surface area contributed by atoms with Gasteiger partial charge in [0.05, 0.1) is 10.5 Å². The number of benzene rings is 1. The van der Waals surface area contributed by atoms with Gasteiger partial charge in [-0.2, -0.15) is 0 Å². The molecule has 21 heavy (non-hydrogen) atoms.